The van der Waals surface area contributed by atoms with Crippen molar-refractivity contribution in [2.45, 2.75) is 45.9 Å². The van der Waals surface area contributed by atoms with Crippen LogP contribution in [0.25, 0.3) is 0 Å². The molecule has 1 aromatic rings. The van der Waals surface area contributed by atoms with E-state index in [0.717, 1.165) is 13.1 Å². The molecular formula is C14H25NO2S. The van der Waals surface area contributed by atoms with E-state index < -0.39 is 6.10 Å². The minimum absolute atomic E-state index is 0.189. The Morgan fingerprint density at radius 3 is 2.67 bits per heavy atom. The first kappa shape index (κ1) is 15.6. The van der Waals surface area contributed by atoms with Gasteiger partial charge in [-0.05, 0) is 38.8 Å². The van der Waals surface area contributed by atoms with Crippen molar-refractivity contribution in [1.82, 2.24) is 4.90 Å². The summed E-state index contributed by atoms with van der Waals surface area (Å²) in [5.74, 6) is 0. The Morgan fingerprint density at radius 1 is 1.44 bits per heavy atom. The zero-order valence-corrected chi connectivity index (χ0v) is 12.7. The zero-order chi connectivity index (χ0) is 13.6. The molecule has 4 heteroatoms. The number of aliphatic hydroxyl groups excluding tert-OH is 1. The average molecular weight is 271 g/mol. The summed E-state index contributed by atoms with van der Waals surface area (Å²) < 4.78 is 5.60. The predicted molar refractivity (Wildman–Crippen MR) is 77.0 cm³/mol. The van der Waals surface area contributed by atoms with E-state index in [2.05, 4.69) is 29.3 Å². The first-order valence-electron chi connectivity index (χ1n) is 6.47. The van der Waals surface area contributed by atoms with E-state index in [9.17, 15) is 5.11 Å². The van der Waals surface area contributed by atoms with E-state index in [0.29, 0.717) is 13.2 Å². The van der Waals surface area contributed by atoms with Crippen LogP contribution in [0.5, 0.6) is 0 Å². The number of hydrogen-bond donors (Lipinski definition) is 1. The molecule has 1 heterocycles. The maximum Gasteiger partial charge on any atom is 0.0900 e. The molecule has 0 amide bonds. The van der Waals surface area contributed by atoms with Crippen molar-refractivity contribution in [1.29, 1.82) is 0 Å². The molecule has 0 saturated heterocycles. The topological polar surface area (TPSA) is 32.7 Å². The van der Waals surface area contributed by atoms with Crippen molar-refractivity contribution < 1.29 is 9.84 Å². The van der Waals surface area contributed by atoms with Crippen molar-refractivity contribution >= 4 is 11.3 Å². The van der Waals surface area contributed by atoms with Crippen molar-refractivity contribution in [3.8, 4) is 0 Å². The summed E-state index contributed by atoms with van der Waals surface area (Å²) in [6.45, 7) is 11.0. The minimum Gasteiger partial charge on any atom is -0.389 e. The standard InChI is InChI=1S/C14H25NO2S/c1-5-15(10-13-7-6-8-18-13)9-12(16)11-17-14(2,3)4/h6-8,12,16H,5,9-11H2,1-4H3. The molecule has 104 valence electrons. The van der Waals surface area contributed by atoms with Crippen LogP contribution in [0, 0.1) is 0 Å². The van der Waals surface area contributed by atoms with Crippen LogP contribution in [-0.2, 0) is 11.3 Å². The molecule has 3 nitrogen and oxygen atoms in total. The van der Waals surface area contributed by atoms with E-state index in [1.165, 1.54) is 4.88 Å². The monoisotopic (exact) mass is 271 g/mol. The second-order valence-electron chi connectivity index (χ2n) is 5.48. The molecule has 0 fully saturated rings. The number of ether oxygens (including phenoxy) is 1. The van der Waals surface area contributed by atoms with Gasteiger partial charge in [0.1, 0.15) is 0 Å². The predicted octanol–water partition coefficient (Wildman–Crippen LogP) is 2.75. The number of aliphatic hydroxyl groups is 1. The van der Waals surface area contributed by atoms with E-state index in [1.807, 2.05) is 20.8 Å². The lowest BCUT2D eigenvalue weighted by Crippen LogP contribution is -2.36. The molecule has 1 N–H and O–H groups in total. The van der Waals surface area contributed by atoms with Crippen molar-refractivity contribution in [2.24, 2.45) is 0 Å². The van der Waals surface area contributed by atoms with Crippen LogP contribution in [0.15, 0.2) is 17.5 Å². The van der Waals surface area contributed by atoms with Gasteiger partial charge in [0.25, 0.3) is 0 Å². The number of thiophene rings is 1. The number of likely N-dealkylation sites (N-methyl/N-ethyl adjacent to an activating group) is 1. The Balaban J connectivity index is 2.33. The van der Waals surface area contributed by atoms with Gasteiger partial charge in [-0.3, -0.25) is 4.90 Å². The van der Waals surface area contributed by atoms with E-state index in [1.54, 1.807) is 11.3 Å². The maximum absolute atomic E-state index is 9.98. The molecule has 0 saturated carbocycles. The van der Waals surface area contributed by atoms with Gasteiger partial charge in [-0.2, -0.15) is 0 Å². The highest BCUT2D eigenvalue weighted by Gasteiger charge is 2.16. The first-order valence-corrected chi connectivity index (χ1v) is 7.35. The highest BCUT2D eigenvalue weighted by atomic mass is 32.1. The Kier molecular flexibility index (Phi) is 6.29. The van der Waals surface area contributed by atoms with Gasteiger partial charge >= 0.3 is 0 Å². The quantitative estimate of drug-likeness (QED) is 0.827. The third-order valence-electron chi connectivity index (χ3n) is 2.58. The maximum atomic E-state index is 9.98. The van der Waals surface area contributed by atoms with Crippen LogP contribution < -0.4 is 0 Å². The number of rotatable bonds is 7. The second-order valence-corrected chi connectivity index (χ2v) is 6.52. The van der Waals surface area contributed by atoms with Crippen LogP contribution in [0.1, 0.15) is 32.6 Å². The van der Waals surface area contributed by atoms with Crippen molar-refractivity contribution in [3.63, 3.8) is 0 Å². The van der Waals surface area contributed by atoms with Gasteiger partial charge in [-0.1, -0.05) is 13.0 Å². The molecule has 1 unspecified atom stereocenters. The number of hydrogen-bond acceptors (Lipinski definition) is 4. The lowest BCUT2D eigenvalue weighted by molar-refractivity contribution is -0.0563. The molecule has 1 aromatic heterocycles. The molecule has 0 aliphatic rings. The van der Waals surface area contributed by atoms with Gasteiger partial charge in [0.2, 0.25) is 0 Å². The molecule has 0 bridgehead atoms. The van der Waals surface area contributed by atoms with Crippen LogP contribution >= 0.6 is 11.3 Å². The summed E-state index contributed by atoms with van der Waals surface area (Å²) in [5, 5.41) is 12.1. The largest absolute Gasteiger partial charge is 0.389 e. The van der Waals surface area contributed by atoms with Gasteiger partial charge in [-0.15, -0.1) is 11.3 Å². The van der Waals surface area contributed by atoms with Gasteiger partial charge in [0.05, 0.1) is 18.3 Å². The molecule has 0 aliphatic heterocycles. The molecule has 18 heavy (non-hydrogen) atoms. The van der Waals surface area contributed by atoms with Gasteiger partial charge < -0.3 is 9.84 Å². The molecule has 0 radical (unpaired) electrons. The summed E-state index contributed by atoms with van der Waals surface area (Å²) >= 11 is 1.76. The lowest BCUT2D eigenvalue weighted by Gasteiger charge is -2.26. The lowest BCUT2D eigenvalue weighted by atomic mass is 10.2. The van der Waals surface area contributed by atoms with Gasteiger partial charge in [0.15, 0.2) is 0 Å². The Hall–Kier alpha value is -0.420. The zero-order valence-electron chi connectivity index (χ0n) is 11.8. The highest BCUT2D eigenvalue weighted by molar-refractivity contribution is 7.09. The molecule has 1 rings (SSSR count). The highest BCUT2D eigenvalue weighted by Crippen LogP contribution is 2.12. The van der Waals surface area contributed by atoms with Gasteiger partial charge in [0, 0.05) is 18.0 Å². The Labute approximate surface area is 114 Å². The Morgan fingerprint density at radius 2 is 2.17 bits per heavy atom. The third-order valence-corrected chi connectivity index (χ3v) is 3.45. The fourth-order valence-electron chi connectivity index (χ4n) is 1.63. The fourth-order valence-corrected chi connectivity index (χ4v) is 2.37. The van der Waals surface area contributed by atoms with Crippen LogP contribution in [0.3, 0.4) is 0 Å². The fraction of sp³-hybridized carbons (Fsp3) is 0.714. The van der Waals surface area contributed by atoms with Gasteiger partial charge in [-0.25, -0.2) is 0 Å². The summed E-state index contributed by atoms with van der Waals surface area (Å²) in [6, 6.07) is 4.19. The molecule has 0 aromatic carbocycles. The molecular weight excluding hydrogens is 246 g/mol. The summed E-state index contributed by atoms with van der Waals surface area (Å²) in [6.07, 6.45) is -0.427. The number of nitrogens with zero attached hydrogens (tertiary/aromatic N) is 1. The van der Waals surface area contributed by atoms with Crippen LogP contribution in [0.2, 0.25) is 0 Å². The first-order chi connectivity index (χ1) is 8.40. The molecule has 0 aliphatic carbocycles. The summed E-state index contributed by atoms with van der Waals surface area (Å²) in [7, 11) is 0. The van der Waals surface area contributed by atoms with E-state index in [-0.39, 0.29) is 5.60 Å². The third kappa shape index (κ3) is 6.50. The van der Waals surface area contributed by atoms with Crippen molar-refractivity contribution in [3.05, 3.63) is 22.4 Å². The minimum atomic E-state index is -0.427. The normalized spacial score (nSPS) is 14.1. The summed E-state index contributed by atoms with van der Waals surface area (Å²) in [4.78, 5) is 3.57. The second kappa shape index (κ2) is 7.24. The molecule has 0 spiro atoms. The molecule has 1 atom stereocenters. The average Bonchev–Trinajstić information content (AvgIpc) is 2.77. The SMILES string of the molecule is CCN(Cc1cccs1)CC(O)COC(C)(C)C. The van der Waals surface area contributed by atoms with E-state index in [4.69, 9.17) is 4.74 Å². The van der Waals surface area contributed by atoms with Crippen LogP contribution in [-0.4, -0.2) is 41.4 Å². The van der Waals surface area contributed by atoms with Crippen LogP contribution in [0.4, 0.5) is 0 Å². The smallest absolute Gasteiger partial charge is 0.0900 e. The summed E-state index contributed by atoms with van der Waals surface area (Å²) in [5.41, 5.74) is -0.189. The Bertz CT molecular complexity index is 319. The van der Waals surface area contributed by atoms with Crippen molar-refractivity contribution in [2.75, 3.05) is 19.7 Å². The van der Waals surface area contributed by atoms with E-state index >= 15 is 0 Å².